The van der Waals surface area contributed by atoms with Gasteiger partial charge >= 0.3 is 5.97 Å². The molecule has 0 bridgehead atoms. The zero-order valence-electron chi connectivity index (χ0n) is 12.3. The van der Waals surface area contributed by atoms with Crippen LogP contribution in [0.5, 0.6) is 0 Å². The zero-order chi connectivity index (χ0) is 15.6. The summed E-state index contributed by atoms with van der Waals surface area (Å²) >= 11 is 1.57. The minimum Gasteiger partial charge on any atom is -0.479 e. The Hall–Kier alpha value is -1.53. The summed E-state index contributed by atoms with van der Waals surface area (Å²) in [5.41, 5.74) is 1.52. The number of hydrogen-bond acceptors (Lipinski definition) is 4. The molecule has 0 aliphatic carbocycles. The van der Waals surface area contributed by atoms with Gasteiger partial charge in [-0.05, 0) is 37.8 Å². The molecule has 21 heavy (non-hydrogen) atoms. The van der Waals surface area contributed by atoms with Crippen molar-refractivity contribution >= 4 is 23.6 Å². The third-order valence-electron chi connectivity index (χ3n) is 3.50. The minimum absolute atomic E-state index is 0.0848. The topological polar surface area (TPSA) is 66.8 Å². The number of nitrogens with zero attached hydrogens (tertiary/aromatic N) is 1. The second-order valence-electron chi connectivity index (χ2n) is 5.16. The highest BCUT2D eigenvalue weighted by Crippen LogP contribution is 2.22. The van der Waals surface area contributed by atoms with Gasteiger partial charge in [0.2, 0.25) is 0 Å². The number of morpholine rings is 1. The number of carbonyl (C=O) groups is 2. The first-order chi connectivity index (χ1) is 9.92. The molecule has 1 saturated heterocycles. The van der Waals surface area contributed by atoms with Crippen LogP contribution in [0.1, 0.15) is 22.8 Å². The van der Waals surface area contributed by atoms with E-state index in [1.165, 1.54) is 0 Å². The Morgan fingerprint density at radius 1 is 1.38 bits per heavy atom. The lowest BCUT2D eigenvalue weighted by Gasteiger charge is -2.35. The number of carboxylic acids is 1. The normalized spacial score (nSPS) is 22.1. The maximum Gasteiger partial charge on any atom is 0.334 e. The molecule has 0 radical (unpaired) electrons. The van der Waals surface area contributed by atoms with Gasteiger partial charge in [-0.15, -0.1) is 11.8 Å². The summed E-state index contributed by atoms with van der Waals surface area (Å²) in [6.07, 6.45) is 0.713. The average Bonchev–Trinajstić information content (AvgIpc) is 2.46. The van der Waals surface area contributed by atoms with Crippen molar-refractivity contribution in [1.29, 1.82) is 0 Å². The molecule has 114 valence electrons. The first kappa shape index (κ1) is 15.9. The molecule has 1 aromatic carbocycles. The van der Waals surface area contributed by atoms with Crippen LogP contribution in [0.25, 0.3) is 0 Å². The van der Waals surface area contributed by atoms with Crippen LogP contribution in [0.4, 0.5) is 0 Å². The van der Waals surface area contributed by atoms with E-state index in [4.69, 9.17) is 9.84 Å². The van der Waals surface area contributed by atoms with Gasteiger partial charge in [0.1, 0.15) is 0 Å². The maximum atomic E-state index is 12.7. The van der Waals surface area contributed by atoms with Gasteiger partial charge < -0.3 is 14.7 Å². The SMILES string of the molecule is CSc1ccc(C)c(C(=O)N2CC(C(=O)O)O[C@H](C)C2)c1. The van der Waals surface area contributed by atoms with Crippen molar-refractivity contribution in [2.45, 2.75) is 31.0 Å². The molecule has 2 atom stereocenters. The summed E-state index contributed by atoms with van der Waals surface area (Å²) in [4.78, 5) is 26.4. The summed E-state index contributed by atoms with van der Waals surface area (Å²) in [5.74, 6) is -1.17. The highest BCUT2D eigenvalue weighted by atomic mass is 32.2. The Kier molecular flexibility index (Phi) is 4.90. The molecule has 1 aromatic rings. The number of rotatable bonds is 3. The van der Waals surface area contributed by atoms with E-state index in [1.54, 1.807) is 23.6 Å². The van der Waals surface area contributed by atoms with E-state index in [-0.39, 0.29) is 18.6 Å². The predicted molar refractivity (Wildman–Crippen MR) is 80.8 cm³/mol. The molecule has 6 heteroatoms. The van der Waals surface area contributed by atoms with Gasteiger partial charge in [-0.2, -0.15) is 0 Å². The quantitative estimate of drug-likeness (QED) is 0.865. The predicted octanol–water partition coefficient (Wildman–Crippen LogP) is 2.03. The van der Waals surface area contributed by atoms with Crippen molar-refractivity contribution in [3.63, 3.8) is 0 Å². The van der Waals surface area contributed by atoms with E-state index < -0.39 is 12.1 Å². The van der Waals surface area contributed by atoms with E-state index in [9.17, 15) is 9.59 Å². The summed E-state index contributed by atoms with van der Waals surface area (Å²) in [6.45, 7) is 4.16. The van der Waals surface area contributed by atoms with Gasteiger partial charge in [-0.1, -0.05) is 6.07 Å². The number of aliphatic carboxylic acids is 1. The molecule has 1 N–H and O–H groups in total. The third-order valence-corrected chi connectivity index (χ3v) is 4.22. The Balaban J connectivity index is 2.24. The number of aryl methyl sites for hydroxylation is 1. The van der Waals surface area contributed by atoms with E-state index in [1.807, 2.05) is 31.4 Å². The zero-order valence-corrected chi connectivity index (χ0v) is 13.1. The van der Waals surface area contributed by atoms with Crippen LogP contribution in [0, 0.1) is 6.92 Å². The lowest BCUT2D eigenvalue weighted by molar-refractivity contribution is -0.160. The second kappa shape index (κ2) is 6.49. The van der Waals surface area contributed by atoms with Crippen LogP contribution >= 0.6 is 11.8 Å². The highest BCUT2D eigenvalue weighted by molar-refractivity contribution is 7.98. The molecule has 1 fully saturated rings. The number of hydrogen-bond donors (Lipinski definition) is 1. The largest absolute Gasteiger partial charge is 0.479 e. The van der Waals surface area contributed by atoms with Gasteiger partial charge in [-0.25, -0.2) is 4.79 Å². The highest BCUT2D eigenvalue weighted by Gasteiger charge is 2.33. The number of benzene rings is 1. The van der Waals surface area contributed by atoms with Crippen LogP contribution in [-0.2, 0) is 9.53 Å². The van der Waals surface area contributed by atoms with Crippen molar-refractivity contribution in [3.8, 4) is 0 Å². The molecule has 5 nitrogen and oxygen atoms in total. The first-order valence-electron chi connectivity index (χ1n) is 6.74. The van der Waals surface area contributed by atoms with Gasteiger partial charge in [0.25, 0.3) is 5.91 Å². The molecule has 0 spiro atoms. The minimum atomic E-state index is -1.03. The molecule has 2 rings (SSSR count). The summed E-state index contributed by atoms with van der Waals surface area (Å²) in [7, 11) is 0. The van der Waals surface area contributed by atoms with Crippen molar-refractivity contribution < 1.29 is 19.4 Å². The van der Waals surface area contributed by atoms with E-state index >= 15 is 0 Å². The van der Waals surface area contributed by atoms with E-state index in [0.717, 1.165) is 10.5 Å². The van der Waals surface area contributed by atoms with Gasteiger partial charge in [0.15, 0.2) is 6.10 Å². The van der Waals surface area contributed by atoms with Gasteiger partial charge in [0, 0.05) is 17.0 Å². The average molecular weight is 309 g/mol. The Bertz CT molecular complexity index is 561. The second-order valence-corrected chi connectivity index (χ2v) is 6.04. The van der Waals surface area contributed by atoms with Crippen LogP contribution in [0.15, 0.2) is 23.1 Å². The molecule has 1 aliphatic rings. The van der Waals surface area contributed by atoms with E-state index in [2.05, 4.69) is 0 Å². The molecule has 1 heterocycles. The lowest BCUT2D eigenvalue weighted by atomic mass is 10.1. The number of ether oxygens (including phenoxy) is 1. The molecule has 1 unspecified atom stereocenters. The molecule has 0 saturated carbocycles. The van der Waals surface area contributed by atoms with Gasteiger partial charge in [0.05, 0.1) is 12.6 Å². The number of thioether (sulfide) groups is 1. The Morgan fingerprint density at radius 2 is 2.10 bits per heavy atom. The van der Waals surface area contributed by atoms with Crippen molar-refractivity contribution in [3.05, 3.63) is 29.3 Å². The Labute approximate surface area is 128 Å². The smallest absolute Gasteiger partial charge is 0.334 e. The summed E-state index contributed by atoms with van der Waals surface area (Å²) < 4.78 is 5.34. The summed E-state index contributed by atoms with van der Waals surface area (Å²) in [5, 5.41) is 9.10. The Morgan fingerprint density at radius 3 is 2.71 bits per heavy atom. The monoisotopic (exact) mass is 309 g/mol. The number of carboxylic acid groups (broad SMARTS) is 1. The molecule has 0 aromatic heterocycles. The molecule has 1 aliphatic heterocycles. The van der Waals surface area contributed by atoms with Crippen LogP contribution < -0.4 is 0 Å². The van der Waals surface area contributed by atoms with Crippen molar-refractivity contribution in [2.24, 2.45) is 0 Å². The van der Waals surface area contributed by atoms with Gasteiger partial charge in [-0.3, -0.25) is 4.79 Å². The molecular formula is C15H19NO4S. The molecule has 1 amide bonds. The van der Waals surface area contributed by atoms with Crippen molar-refractivity contribution in [2.75, 3.05) is 19.3 Å². The summed E-state index contributed by atoms with van der Waals surface area (Å²) in [6, 6.07) is 5.74. The van der Waals surface area contributed by atoms with Crippen molar-refractivity contribution in [1.82, 2.24) is 4.90 Å². The van der Waals surface area contributed by atoms with E-state index in [0.29, 0.717) is 12.1 Å². The first-order valence-corrected chi connectivity index (χ1v) is 7.97. The van der Waals surface area contributed by atoms with Crippen LogP contribution in [0.3, 0.4) is 0 Å². The fourth-order valence-electron chi connectivity index (χ4n) is 2.38. The fourth-order valence-corrected chi connectivity index (χ4v) is 2.82. The van der Waals surface area contributed by atoms with Crippen LogP contribution in [0.2, 0.25) is 0 Å². The standard InChI is InChI=1S/C15H19NO4S/c1-9-4-5-11(21-3)6-12(9)14(17)16-7-10(2)20-13(8-16)15(18)19/h4-6,10,13H,7-8H2,1-3H3,(H,18,19)/t10-,13?/m1/s1. The molecular weight excluding hydrogens is 290 g/mol. The van der Waals surface area contributed by atoms with Crippen LogP contribution in [-0.4, -0.2) is 53.4 Å². The maximum absolute atomic E-state index is 12.7. The number of amides is 1. The third kappa shape index (κ3) is 3.57. The fraction of sp³-hybridized carbons (Fsp3) is 0.467. The number of carbonyl (C=O) groups excluding carboxylic acids is 1. The lowest BCUT2D eigenvalue weighted by Crippen LogP contribution is -2.51.